The molecule has 7 nitrogen and oxygen atoms in total. The first-order chi connectivity index (χ1) is 12.0. The first-order valence-corrected chi connectivity index (χ1v) is 7.88. The van der Waals surface area contributed by atoms with Crippen LogP contribution >= 0.6 is 0 Å². The minimum absolute atomic E-state index is 0.0553. The summed E-state index contributed by atoms with van der Waals surface area (Å²) in [6.07, 6.45) is 2.24. The number of hydrogen-bond donors (Lipinski definition) is 2. The quantitative estimate of drug-likeness (QED) is 0.866. The number of hydrogen-bond acceptors (Lipinski definition) is 5. The fourth-order valence-electron chi connectivity index (χ4n) is 2.48. The van der Waals surface area contributed by atoms with Gasteiger partial charge in [-0.25, -0.2) is 9.78 Å². The van der Waals surface area contributed by atoms with Crippen molar-refractivity contribution in [2.45, 2.75) is 19.4 Å². The zero-order valence-electron chi connectivity index (χ0n) is 13.7. The molecule has 2 N–H and O–H groups in total. The molecule has 1 atom stereocenters. The largest absolute Gasteiger partial charge is 0.478 e. The number of aryl methyl sites for hydroxylation is 1. The van der Waals surface area contributed by atoms with E-state index in [9.17, 15) is 9.59 Å². The monoisotopic (exact) mass is 342 g/mol. The van der Waals surface area contributed by atoms with Crippen LogP contribution in [0.2, 0.25) is 0 Å². The van der Waals surface area contributed by atoms with Gasteiger partial charge in [-0.1, -0.05) is 6.07 Å². The molecule has 130 valence electrons. The SMILES string of the molecule is Cc1ccc(C(=O)O)cc1NC(=O)c1ccnc(OC2CCOC2)c1. The minimum atomic E-state index is -1.05. The van der Waals surface area contributed by atoms with Gasteiger partial charge in [-0.2, -0.15) is 0 Å². The number of amides is 1. The second-order valence-electron chi connectivity index (χ2n) is 5.78. The Hall–Kier alpha value is -2.93. The van der Waals surface area contributed by atoms with E-state index in [1.807, 2.05) is 0 Å². The second-order valence-corrected chi connectivity index (χ2v) is 5.78. The summed E-state index contributed by atoms with van der Waals surface area (Å²) in [5.74, 6) is -1.05. The van der Waals surface area contributed by atoms with Crippen LogP contribution in [0.25, 0.3) is 0 Å². The summed E-state index contributed by atoms with van der Waals surface area (Å²) in [4.78, 5) is 27.7. The summed E-state index contributed by atoms with van der Waals surface area (Å²) in [7, 11) is 0. The number of carbonyl (C=O) groups is 2. The van der Waals surface area contributed by atoms with E-state index in [1.54, 1.807) is 25.1 Å². The maximum absolute atomic E-state index is 12.5. The number of anilines is 1. The van der Waals surface area contributed by atoms with Gasteiger partial charge in [0.05, 0.1) is 18.8 Å². The fourth-order valence-corrected chi connectivity index (χ4v) is 2.48. The molecule has 25 heavy (non-hydrogen) atoms. The Labute approximate surface area is 144 Å². The maximum atomic E-state index is 12.5. The highest BCUT2D eigenvalue weighted by atomic mass is 16.5. The van der Waals surface area contributed by atoms with Crippen LogP contribution in [0.3, 0.4) is 0 Å². The highest BCUT2D eigenvalue weighted by molar-refractivity contribution is 6.05. The molecule has 2 aromatic rings. The lowest BCUT2D eigenvalue weighted by molar-refractivity contribution is 0.0696. The number of benzene rings is 1. The summed E-state index contributed by atoms with van der Waals surface area (Å²) in [5.41, 5.74) is 1.71. The van der Waals surface area contributed by atoms with Crippen molar-refractivity contribution in [1.82, 2.24) is 4.98 Å². The van der Waals surface area contributed by atoms with Crippen molar-refractivity contribution in [1.29, 1.82) is 0 Å². The maximum Gasteiger partial charge on any atom is 0.335 e. The molecule has 1 aromatic carbocycles. The molecule has 1 amide bonds. The molecule has 0 aliphatic carbocycles. The average molecular weight is 342 g/mol. The molecule has 1 aliphatic heterocycles. The summed E-state index contributed by atoms with van der Waals surface area (Å²) in [6.45, 7) is 2.96. The van der Waals surface area contributed by atoms with E-state index in [2.05, 4.69) is 10.3 Å². The van der Waals surface area contributed by atoms with Gasteiger partial charge in [0.15, 0.2) is 0 Å². The van der Waals surface area contributed by atoms with Crippen molar-refractivity contribution in [3.05, 3.63) is 53.2 Å². The third-order valence-corrected chi connectivity index (χ3v) is 3.91. The van der Waals surface area contributed by atoms with Crippen molar-refractivity contribution in [3.8, 4) is 5.88 Å². The Balaban J connectivity index is 1.75. The van der Waals surface area contributed by atoms with Gasteiger partial charge in [-0.15, -0.1) is 0 Å². The van der Waals surface area contributed by atoms with E-state index in [-0.39, 0.29) is 17.6 Å². The van der Waals surface area contributed by atoms with E-state index in [0.717, 1.165) is 12.0 Å². The minimum Gasteiger partial charge on any atom is -0.478 e. The van der Waals surface area contributed by atoms with Crippen LogP contribution < -0.4 is 10.1 Å². The van der Waals surface area contributed by atoms with E-state index < -0.39 is 5.97 Å². The molecule has 3 rings (SSSR count). The molecule has 0 saturated carbocycles. The van der Waals surface area contributed by atoms with E-state index in [1.165, 1.54) is 18.3 Å². The van der Waals surface area contributed by atoms with Gasteiger partial charge in [0.25, 0.3) is 5.91 Å². The highest BCUT2D eigenvalue weighted by Crippen LogP contribution is 2.20. The number of carboxylic acid groups (broad SMARTS) is 1. The Bertz CT molecular complexity index is 800. The number of pyridine rings is 1. The molecule has 0 radical (unpaired) electrons. The summed E-state index contributed by atoms with van der Waals surface area (Å²) in [6, 6.07) is 7.72. The standard InChI is InChI=1S/C18H18N2O5/c1-11-2-3-13(18(22)23)8-15(11)20-17(21)12-4-6-19-16(9-12)25-14-5-7-24-10-14/h2-4,6,8-9,14H,5,7,10H2,1H3,(H,20,21)(H,22,23). The van der Waals surface area contributed by atoms with Gasteiger partial charge in [0.1, 0.15) is 6.10 Å². The molecular weight excluding hydrogens is 324 g/mol. The number of nitrogens with one attached hydrogen (secondary N) is 1. The van der Waals surface area contributed by atoms with Gasteiger partial charge < -0.3 is 19.9 Å². The third-order valence-electron chi connectivity index (χ3n) is 3.91. The number of nitrogens with zero attached hydrogens (tertiary/aromatic N) is 1. The number of aromatic nitrogens is 1. The van der Waals surface area contributed by atoms with Gasteiger partial charge in [0.2, 0.25) is 5.88 Å². The predicted octanol–water partition coefficient (Wildman–Crippen LogP) is 2.51. The first-order valence-electron chi connectivity index (χ1n) is 7.88. The summed E-state index contributed by atoms with van der Waals surface area (Å²) in [5, 5.41) is 11.8. The van der Waals surface area contributed by atoms with Crippen LogP contribution in [-0.2, 0) is 4.74 Å². The third kappa shape index (κ3) is 4.13. The number of rotatable bonds is 5. The normalized spacial score (nSPS) is 16.4. The lowest BCUT2D eigenvalue weighted by atomic mass is 10.1. The molecule has 1 aromatic heterocycles. The first kappa shape index (κ1) is 16.9. The Morgan fingerprint density at radius 1 is 1.28 bits per heavy atom. The van der Waals surface area contributed by atoms with Crippen molar-refractivity contribution < 1.29 is 24.2 Å². The molecule has 1 aliphatic rings. The molecule has 2 heterocycles. The van der Waals surface area contributed by atoms with Crippen LogP contribution in [0.5, 0.6) is 5.88 Å². The lowest BCUT2D eigenvalue weighted by Gasteiger charge is -2.12. The Morgan fingerprint density at radius 3 is 2.84 bits per heavy atom. The predicted molar refractivity (Wildman–Crippen MR) is 90.2 cm³/mol. The smallest absolute Gasteiger partial charge is 0.335 e. The van der Waals surface area contributed by atoms with Gasteiger partial charge in [-0.3, -0.25) is 4.79 Å². The van der Waals surface area contributed by atoms with Crippen molar-refractivity contribution in [3.63, 3.8) is 0 Å². The number of carboxylic acids is 1. The van der Waals surface area contributed by atoms with Crippen LogP contribution in [0.4, 0.5) is 5.69 Å². The molecule has 0 spiro atoms. The molecule has 7 heteroatoms. The molecule has 1 saturated heterocycles. The van der Waals surface area contributed by atoms with Gasteiger partial charge >= 0.3 is 5.97 Å². The molecular formula is C18H18N2O5. The highest BCUT2D eigenvalue weighted by Gasteiger charge is 2.18. The van der Waals surface area contributed by atoms with E-state index in [4.69, 9.17) is 14.6 Å². The van der Waals surface area contributed by atoms with Crippen LogP contribution in [0, 0.1) is 6.92 Å². The van der Waals surface area contributed by atoms with Crippen molar-refractivity contribution >= 4 is 17.6 Å². The Morgan fingerprint density at radius 2 is 2.12 bits per heavy atom. The molecule has 1 fully saturated rings. The summed E-state index contributed by atoms with van der Waals surface area (Å²) < 4.78 is 10.9. The van der Waals surface area contributed by atoms with Crippen molar-refractivity contribution in [2.75, 3.05) is 18.5 Å². The molecule has 1 unspecified atom stereocenters. The van der Waals surface area contributed by atoms with Crippen LogP contribution in [0.1, 0.15) is 32.7 Å². The van der Waals surface area contributed by atoms with Crippen molar-refractivity contribution in [2.24, 2.45) is 0 Å². The van der Waals surface area contributed by atoms with Crippen LogP contribution in [-0.4, -0.2) is 41.3 Å². The van der Waals surface area contributed by atoms with E-state index in [0.29, 0.717) is 30.3 Å². The average Bonchev–Trinajstić information content (AvgIpc) is 3.09. The van der Waals surface area contributed by atoms with Gasteiger partial charge in [-0.05, 0) is 30.7 Å². The Kier molecular flexibility index (Phi) is 4.95. The lowest BCUT2D eigenvalue weighted by Crippen LogP contribution is -2.18. The van der Waals surface area contributed by atoms with Gasteiger partial charge in [0, 0.05) is 29.9 Å². The zero-order valence-corrected chi connectivity index (χ0v) is 13.7. The number of carbonyl (C=O) groups excluding carboxylic acids is 1. The number of ether oxygens (including phenoxy) is 2. The zero-order chi connectivity index (χ0) is 17.8. The summed E-state index contributed by atoms with van der Waals surface area (Å²) >= 11 is 0. The fraction of sp³-hybridized carbons (Fsp3) is 0.278. The number of aromatic carboxylic acids is 1. The topological polar surface area (TPSA) is 97.8 Å². The second kappa shape index (κ2) is 7.31. The van der Waals surface area contributed by atoms with E-state index >= 15 is 0 Å². The molecule has 0 bridgehead atoms. The van der Waals surface area contributed by atoms with Crippen LogP contribution in [0.15, 0.2) is 36.5 Å².